The Balaban J connectivity index is 1.51. The molecule has 10 heteroatoms. The molecule has 0 radical (unpaired) electrons. The average Bonchev–Trinajstić information content (AvgIpc) is 2.81. The molecule has 1 saturated heterocycles. The third-order valence-electron chi connectivity index (χ3n) is 7.38. The van der Waals surface area contributed by atoms with Gasteiger partial charge in [-0.2, -0.15) is 4.39 Å². The number of piperidine rings is 1. The van der Waals surface area contributed by atoms with Crippen molar-refractivity contribution < 1.29 is 17.2 Å². The van der Waals surface area contributed by atoms with Gasteiger partial charge in [-0.25, -0.2) is 17.8 Å². The van der Waals surface area contributed by atoms with Crippen molar-refractivity contribution in [3.63, 3.8) is 0 Å². The van der Waals surface area contributed by atoms with E-state index in [9.17, 15) is 12.8 Å². The fourth-order valence-corrected chi connectivity index (χ4v) is 6.46. The van der Waals surface area contributed by atoms with Crippen LogP contribution in [0.1, 0.15) is 44.1 Å². The summed E-state index contributed by atoms with van der Waals surface area (Å²) in [6.45, 7) is 3.96. The predicted octanol–water partition coefficient (Wildman–Crippen LogP) is 4.22. The van der Waals surface area contributed by atoms with Crippen molar-refractivity contribution in [1.29, 1.82) is 0 Å². The van der Waals surface area contributed by atoms with E-state index in [4.69, 9.17) is 0 Å². The molecule has 1 aromatic carbocycles. The van der Waals surface area contributed by atoms with E-state index in [1.165, 1.54) is 30.7 Å². The van der Waals surface area contributed by atoms with Gasteiger partial charge in [0.05, 0.1) is 0 Å². The Morgan fingerprint density at radius 3 is 2.51 bits per heavy atom. The van der Waals surface area contributed by atoms with Crippen LogP contribution in [0.4, 0.5) is 20.3 Å². The lowest BCUT2D eigenvalue weighted by Crippen LogP contribution is -2.53. The van der Waals surface area contributed by atoms with E-state index in [0.717, 1.165) is 51.3 Å². The zero-order valence-corrected chi connectivity index (χ0v) is 21.4. The van der Waals surface area contributed by atoms with Gasteiger partial charge in [0.1, 0.15) is 16.5 Å². The van der Waals surface area contributed by atoms with E-state index in [1.807, 2.05) is 0 Å². The van der Waals surface area contributed by atoms with Crippen molar-refractivity contribution in [3.05, 3.63) is 47.7 Å². The van der Waals surface area contributed by atoms with Gasteiger partial charge in [-0.05, 0) is 89.6 Å². The number of halogens is 2. The minimum absolute atomic E-state index is 0.156. The van der Waals surface area contributed by atoms with Crippen molar-refractivity contribution in [3.8, 4) is 0 Å². The third-order valence-corrected chi connectivity index (χ3v) is 8.75. The third kappa shape index (κ3) is 6.10. The molecule has 2 atom stereocenters. The smallest absolute Gasteiger partial charge is 0.265 e. The fourth-order valence-electron chi connectivity index (χ4n) is 5.31. The number of aromatic nitrogens is 1. The van der Waals surface area contributed by atoms with E-state index in [2.05, 4.69) is 38.9 Å². The lowest BCUT2D eigenvalue weighted by atomic mass is 9.87. The molecular formula is C25H35F2N5O2S. The summed E-state index contributed by atoms with van der Waals surface area (Å²) in [5, 5.41) is 3.54. The largest absolute Gasteiger partial charge is 0.380 e. The second kappa shape index (κ2) is 10.8. The maximum absolute atomic E-state index is 15.1. The first kappa shape index (κ1) is 25.8. The van der Waals surface area contributed by atoms with Crippen LogP contribution in [-0.2, 0) is 10.0 Å². The number of hydrogen-bond donors (Lipinski definition) is 2. The molecule has 1 saturated carbocycles. The zero-order chi connectivity index (χ0) is 25.2. The number of hydrogen-bond acceptors (Lipinski definition) is 6. The van der Waals surface area contributed by atoms with Crippen molar-refractivity contribution >= 4 is 21.5 Å². The van der Waals surface area contributed by atoms with Gasteiger partial charge >= 0.3 is 0 Å². The Hall–Kier alpha value is -2.30. The van der Waals surface area contributed by atoms with Crippen molar-refractivity contribution in [2.45, 2.75) is 68.5 Å². The number of nitrogens with zero attached hydrogens (tertiary/aromatic N) is 3. The highest BCUT2D eigenvalue weighted by molar-refractivity contribution is 7.92. The van der Waals surface area contributed by atoms with Gasteiger partial charge in [0.25, 0.3) is 10.0 Å². The Kier molecular flexibility index (Phi) is 7.92. The maximum Gasteiger partial charge on any atom is 0.265 e. The topological polar surface area (TPSA) is 77.6 Å². The Labute approximate surface area is 207 Å². The number of rotatable bonds is 7. The van der Waals surface area contributed by atoms with Crippen LogP contribution in [-0.4, -0.2) is 68.5 Å². The molecule has 0 spiro atoms. The molecule has 0 bridgehead atoms. The lowest BCUT2D eigenvalue weighted by Gasteiger charge is -2.44. The van der Waals surface area contributed by atoms with E-state index in [-0.39, 0.29) is 11.9 Å². The number of pyridine rings is 1. The maximum atomic E-state index is 15.1. The van der Waals surface area contributed by atoms with E-state index < -0.39 is 26.7 Å². The van der Waals surface area contributed by atoms with Crippen LogP contribution in [0, 0.1) is 18.7 Å². The summed E-state index contributed by atoms with van der Waals surface area (Å²) >= 11 is 0. The first-order chi connectivity index (χ1) is 16.6. The minimum atomic E-state index is -4.27. The first-order valence-electron chi connectivity index (χ1n) is 12.3. The zero-order valence-electron chi connectivity index (χ0n) is 20.6. The molecule has 35 heavy (non-hydrogen) atoms. The molecule has 4 rings (SSSR count). The Bertz CT molecular complexity index is 1140. The molecule has 2 N–H and O–H groups in total. The highest BCUT2D eigenvalue weighted by atomic mass is 32.2. The van der Waals surface area contributed by atoms with Gasteiger partial charge in [-0.3, -0.25) is 9.62 Å². The first-order valence-corrected chi connectivity index (χ1v) is 13.7. The molecular weight excluding hydrogens is 472 g/mol. The Morgan fingerprint density at radius 1 is 1.09 bits per heavy atom. The van der Waals surface area contributed by atoms with Crippen LogP contribution < -0.4 is 10.0 Å². The molecule has 2 aliphatic rings. The fraction of sp³-hybridized carbons (Fsp3) is 0.560. The standard InChI is InChI=1S/C25H35F2N5O2S/c1-17-15-23(35(33,34)30-25-10-6-9-24(27)29-25)19(26)16-21(17)28-20-7-4-5-8-22(20)32(3)18-11-13-31(2)14-12-18/h6,9-10,15-16,18,20,22,28H,4-5,7-8,11-14H2,1-3H3,(H,29,30)/t20-,22-/m0/s1. The molecule has 2 aromatic rings. The van der Waals surface area contributed by atoms with Crippen LogP contribution in [0.5, 0.6) is 0 Å². The monoisotopic (exact) mass is 507 g/mol. The molecule has 2 fully saturated rings. The van der Waals surface area contributed by atoms with Crippen LogP contribution in [0.25, 0.3) is 0 Å². The van der Waals surface area contributed by atoms with Crippen LogP contribution in [0.15, 0.2) is 35.2 Å². The number of nitrogens with one attached hydrogen (secondary N) is 2. The van der Waals surface area contributed by atoms with Crippen molar-refractivity contribution in [1.82, 2.24) is 14.8 Å². The van der Waals surface area contributed by atoms with Crippen molar-refractivity contribution in [2.24, 2.45) is 0 Å². The van der Waals surface area contributed by atoms with Gasteiger partial charge in [0, 0.05) is 23.8 Å². The molecule has 1 aromatic heterocycles. The second-order valence-electron chi connectivity index (χ2n) is 9.85. The number of sulfonamides is 1. The highest BCUT2D eigenvalue weighted by Gasteiger charge is 2.33. The number of benzene rings is 1. The van der Waals surface area contributed by atoms with E-state index >= 15 is 4.39 Å². The summed E-state index contributed by atoms with van der Waals surface area (Å²) in [6.07, 6.45) is 6.62. The quantitative estimate of drug-likeness (QED) is 0.547. The van der Waals surface area contributed by atoms with Crippen LogP contribution in [0.3, 0.4) is 0 Å². The van der Waals surface area contributed by atoms with E-state index in [1.54, 1.807) is 6.92 Å². The lowest BCUT2D eigenvalue weighted by molar-refractivity contribution is 0.0819. The molecule has 192 valence electrons. The van der Waals surface area contributed by atoms with Gasteiger partial charge in [0.15, 0.2) is 0 Å². The van der Waals surface area contributed by atoms with Gasteiger partial charge in [-0.15, -0.1) is 0 Å². The summed E-state index contributed by atoms with van der Waals surface area (Å²) in [6, 6.07) is 7.34. The number of likely N-dealkylation sites (N-methyl/N-ethyl adjacent to an activating group) is 1. The van der Waals surface area contributed by atoms with Gasteiger partial charge in [0.2, 0.25) is 5.95 Å². The summed E-state index contributed by atoms with van der Waals surface area (Å²) in [5.74, 6) is -1.89. The normalized spacial score (nSPS) is 22.3. The summed E-state index contributed by atoms with van der Waals surface area (Å²) < 4.78 is 56.2. The number of aryl methyl sites for hydroxylation is 1. The summed E-state index contributed by atoms with van der Waals surface area (Å²) in [4.78, 5) is 7.88. The van der Waals surface area contributed by atoms with Crippen molar-refractivity contribution in [2.75, 3.05) is 37.2 Å². The number of likely N-dealkylation sites (tertiary alicyclic amines) is 1. The van der Waals surface area contributed by atoms with Gasteiger partial charge < -0.3 is 10.2 Å². The SMILES string of the molecule is Cc1cc(S(=O)(=O)Nc2cccc(F)n2)c(F)cc1N[C@H]1CCCC[C@@H]1N(C)C1CCN(C)CC1. The highest BCUT2D eigenvalue weighted by Crippen LogP contribution is 2.31. The van der Waals surface area contributed by atoms with Crippen LogP contribution >= 0.6 is 0 Å². The Morgan fingerprint density at radius 2 is 1.80 bits per heavy atom. The minimum Gasteiger partial charge on any atom is -0.380 e. The predicted molar refractivity (Wildman–Crippen MR) is 134 cm³/mol. The molecule has 0 unspecified atom stereocenters. The molecule has 1 aliphatic carbocycles. The molecule has 2 heterocycles. The molecule has 1 aliphatic heterocycles. The summed E-state index contributed by atoms with van der Waals surface area (Å²) in [5.41, 5.74) is 1.23. The summed E-state index contributed by atoms with van der Waals surface area (Å²) in [7, 11) is 0.0930. The van der Waals surface area contributed by atoms with Gasteiger partial charge in [-0.1, -0.05) is 18.9 Å². The molecule has 0 amide bonds. The second-order valence-corrected chi connectivity index (χ2v) is 11.5. The van der Waals surface area contributed by atoms with E-state index in [0.29, 0.717) is 23.3 Å². The number of anilines is 2. The van der Waals surface area contributed by atoms with Crippen LogP contribution in [0.2, 0.25) is 0 Å². The average molecular weight is 508 g/mol. The molecule has 7 nitrogen and oxygen atoms in total.